The molecular weight excluding hydrogens is 274 g/mol. The number of carbonyl (C=O) groups is 1. The minimum atomic E-state index is -0.208. The first kappa shape index (κ1) is 14.1. The molecule has 0 aliphatic heterocycles. The topological polar surface area (TPSA) is 46.4 Å². The van der Waals surface area contributed by atoms with Gasteiger partial charge in [0, 0.05) is 35.3 Å². The van der Waals surface area contributed by atoms with Gasteiger partial charge < -0.3 is 4.57 Å². The van der Waals surface area contributed by atoms with Crippen molar-refractivity contribution in [1.82, 2.24) is 9.99 Å². The van der Waals surface area contributed by atoms with E-state index in [0.717, 1.165) is 22.0 Å². The van der Waals surface area contributed by atoms with E-state index in [1.165, 1.54) is 0 Å². The maximum Gasteiger partial charge on any atom is 0.271 e. The molecule has 0 saturated heterocycles. The largest absolute Gasteiger partial charge is 0.350 e. The number of fused-ring (bicyclic) bond motifs is 1. The molecule has 3 rings (SSSR count). The molecule has 1 amide bonds. The maximum absolute atomic E-state index is 12.0. The summed E-state index contributed by atoms with van der Waals surface area (Å²) in [6, 6.07) is 15.5. The summed E-state index contributed by atoms with van der Waals surface area (Å²) in [4.78, 5) is 12.0. The molecule has 0 radical (unpaired) electrons. The Morgan fingerprint density at radius 1 is 1.18 bits per heavy atom. The summed E-state index contributed by atoms with van der Waals surface area (Å²) in [5, 5.41) is 5.18. The molecule has 1 heterocycles. The molecule has 3 aromatic rings. The molecule has 2 aromatic carbocycles. The van der Waals surface area contributed by atoms with Crippen LogP contribution < -0.4 is 5.43 Å². The van der Waals surface area contributed by atoms with Crippen molar-refractivity contribution in [3.05, 3.63) is 71.4 Å². The smallest absolute Gasteiger partial charge is 0.271 e. The van der Waals surface area contributed by atoms with Crippen molar-refractivity contribution in [3.8, 4) is 0 Å². The summed E-state index contributed by atoms with van der Waals surface area (Å²) in [6.07, 6.45) is 3.67. The average molecular weight is 291 g/mol. The summed E-state index contributed by atoms with van der Waals surface area (Å²) in [6.45, 7) is 1.95. The van der Waals surface area contributed by atoms with E-state index in [2.05, 4.69) is 16.6 Å². The molecule has 0 saturated carbocycles. The van der Waals surface area contributed by atoms with Crippen LogP contribution in [0.3, 0.4) is 0 Å². The van der Waals surface area contributed by atoms with Crippen LogP contribution >= 0.6 is 0 Å². The molecule has 0 aliphatic carbocycles. The van der Waals surface area contributed by atoms with Gasteiger partial charge >= 0.3 is 0 Å². The number of amides is 1. The van der Waals surface area contributed by atoms with Gasteiger partial charge in [0.25, 0.3) is 5.91 Å². The van der Waals surface area contributed by atoms with Crippen LogP contribution in [-0.4, -0.2) is 16.7 Å². The third-order valence-corrected chi connectivity index (χ3v) is 3.58. The predicted octanol–water partition coefficient (Wildman–Crippen LogP) is 3.25. The zero-order chi connectivity index (χ0) is 15.5. The van der Waals surface area contributed by atoms with Gasteiger partial charge in [-0.05, 0) is 25.1 Å². The molecule has 1 aromatic heterocycles. The summed E-state index contributed by atoms with van der Waals surface area (Å²) < 4.78 is 2.04. The Bertz CT molecular complexity index is 862. The second-order valence-electron chi connectivity index (χ2n) is 5.28. The average Bonchev–Trinajstić information content (AvgIpc) is 2.84. The minimum absolute atomic E-state index is 0.208. The maximum atomic E-state index is 12.0. The first-order chi connectivity index (χ1) is 10.6. The lowest BCUT2D eigenvalue weighted by atomic mass is 10.1. The Morgan fingerprint density at radius 2 is 2.00 bits per heavy atom. The van der Waals surface area contributed by atoms with Gasteiger partial charge in [-0.3, -0.25) is 4.79 Å². The predicted molar refractivity (Wildman–Crippen MR) is 89.2 cm³/mol. The van der Waals surface area contributed by atoms with Gasteiger partial charge in [0.05, 0.1) is 6.21 Å². The first-order valence-electron chi connectivity index (χ1n) is 7.09. The highest BCUT2D eigenvalue weighted by molar-refractivity contribution is 6.00. The van der Waals surface area contributed by atoms with Gasteiger partial charge in [-0.25, -0.2) is 5.43 Å². The lowest BCUT2D eigenvalue weighted by Crippen LogP contribution is -2.17. The van der Waals surface area contributed by atoms with Crippen molar-refractivity contribution in [2.45, 2.75) is 6.92 Å². The van der Waals surface area contributed by atoms with Crippen molar-refractivity contribution >= 4 is 23.0 Å². The van der Waals surface area contributed by atoms with Crippen LogP contribution in [0.5, 0.6) is 0 Å². The zero-order valence-electron chi connectivity index (χ0n) is 12.6. The van der Waals surface area contributed by atoms with Crippen molar-refractivity contribution in [2.75, 3.05) is 0 Å². The molecule has 0 unspecified atom stereocenters. The number of carbonyl (C=O) groups excluding carboxylic acids is 1. The van der Waals surface area contributed by atoms with Gasteiger partial charge in [-0.2, -0.15) is 5.10 Å². The molecule has 0 bridgehead atoms. The SMILES string of the molecule is Cc1cccc(C(=O)N/N=C\c2cn(C)c3ccccc23)c1. The van der Waals surface area contributed by atoms with E-state index in [0.29, 0.717) is 5.56 Å². The van der Waals surface area contributed by atoms with Gasteiger partial charge in [0.2, 0.25) is 0 Å². The van der Waals surface area contributed by atoms with E-state index in [4.69, 9.17) is 0 Å². The Morgan fingerprint density at radius 3 is 2.82 bits per heavy atom. The quantitative estimate of drug-likeness (QED) is 0.584. The van der Waals surface area contributed by atoms with Crippen molar-refractivity contribution in [3.63, 3.8) is 0 Å². The van der Waals surface area contributed by atoms with Crippen LogP contribution in [0, 0.1) is 6.92 Å². The number of hydrogen-bond donors (Lipinski definition) is 1. The highest BCUT2D eigenvalue weighted by Gasteiger charge is 2.05. The van der Waals surface area contributed by atoms with Crippen molar-refractivity contribution < 1.29 is 4.79 Å². The fourth-order valence-electron chi connectivity index (χ4n) is 2.49. The normalized spacial score (nSPS) is 11.2. The molecule has 4 nitrogen and oxygen atoms in total. The van der Waals surface area contributed by atoms with E-state index in [-0.39, 0.29) is 5.91 Å². The van der Waals surface area contributed by atoms with Crippen molar-refractivity contribution in [2.24, 2.45) is 12.1 Å². The van der Waals surface area contributed by atoms with Crippen LogP contribution in [0.15, 0.2) is 59.8 Å². The van der Waals surface area contributed by atoms with Crippen LogP contribution in [0.25, 0.3) is 10.9 Å². The summed E-state index contributed by atoms with van der Waals surface area (Å²) in [7, 11) is 1.99. The molecule has 0 spiro atoms. The van der Waals surface area contributed by atoms with Crippen LogP contribution in [0.1, 0.15) is 21.5 Å². The standard InChI is InChI=1S/C18H17N3O/c1-13-6-5-7-14(10-13)18(22)20-19-11-15-12-21(2)17-9-4-3-8-16(15)17/h3-12H,1-2H3,(H,20,22)/b19-11-. The third kappa shape index (κ3) is 2.76. The van der Waals surface area contributed by atoms with Crippen molar-refractivity contribution in [1.29, 1.82) is 0 Å². The number of para-hydroxylation sites is 1. The molecule has 0 aliphatic rings. The fraction of sp³-hybridized carbons (Fsp3) is 0.111. The molecule has 22 heavy (non-hydrogen) atoms. The number of aromatic nitrogens is 1. The van der Waals surface area contributed by atoms with Gasteiger partial charge in [-0.1, -0.05) is 35.9 Å². The Kier molecular flexibility index (Phi) is 3.74. The second kappa shape index (κ2) is 5.85. The van der Waals surface area contributed by atoms with Crippen LogP contribution in [0.2, 0.25) is 0 Å². The molecule has 110 valence electrons. The number of hydrogen-bond acceptors (Lipinski definition) is 2. The Labute approximate surface area is 129 Å². The summed E-state index contributed by atoms with van der Waals surface area (Å²) >= 11 is 0. The fourth-order valence-corrected chi connectivity index (χ4v) is 2.49. The third-order valence-electron chi connectivity index (χ3n) is 3.58. The molecule has 1 N–H and O–H groups in total. The molecule has 0 fully saturated rings. The number of rotatable bonds is 3. The van der Waals surface area contributed by atoms with Gasteiger partial charge in [-0.15, -0.1) is 0 Å². The molecule has 0 atom stereocenters. The molecule has 4 heteroatoms. The van der Waals surface area contributed by atoms with Gasteiger partial charge in [0.1, 0.15) is 0 Å². The van der Waals surface area contributed by atoms with E-state index in [9.17, 15) is 4.79 Å². The second-order valence-corrected chi connectivity index (χ2v) is 5.28. The summed E-state index contributed by atoms with van der Waals surface area (Å²) in [5.74, 6) is -0.208. The number of nitrogens with zero attached hydrogens (tertiary/aromatic N) is 2. The zero-order valence-corrected chi connectivity index (χ0v) is 12.6. The van der Waals surface area contributed by atoms with E-state index in [1.54, 1.807) is 12.3 Å². The van der Waals surface area contributed by atoms with E-state index >= 15 is 0 Å². The Balaban J connectivity index is 1.78. The first-order valence-corrected chi connectivity index (χ1v) is 7.09. The number of benzene rings is 2. The lowest BCUT2D eigenvalue weighted by molar-refractivity contribution is 0.0955. The number of nitrogens with one attached hydrogen (secondary N) is 1. The highest BCUT2D eigenvalue weighted by Crippen LogP contribution is 2.18. The number of hydrazone groups is 1. The summed E-state index contributed by atoms with van der Waals surface area (Å²) in [5.41, 5.74) is 6.33. The van der Waals surface area contributed by atoms with Gasteiger partial charge in [0.15, 0.2) is 0 Å². The van der Waals surface area contributed by atoms with Crippen LogP contribution in [-0.2, 0) is 7.05 Å². The van der Waals surface area contributed by atoms with E-state index < -0.39 is 0 Å². The highest BCUT2D eigenvalue weighted by atomic mass is 16.2. The Hall–Kier alpha value is -2.88. The monoisotopic (exact) mass is 291 g/mol. The number of aryl methyl sites for hydroxylation is 2. The minimum Gasteiger partial charge on any atom is -0.350 e. The van der Waals surface area contributed by atoms with E-state index in [1.807, 2.05) is 61.1 Å². The lowest BCUT2D eigenvalue weighted by Gasteiger charge is -2.00. The van der Waals surface area contributed by atoms with Crippen LogP contribution in [0.4, 0.5) is 0 Å². The molecular formula is C18H17N3O.